The minimum atomic E-state index is -1.25. The van der Waals surface area contributed by atoms with E-state index < -0.39 is 30.0 Å². The van der Waals surface area contributed by atoms with Crippen LogP contribution >= 0.6 is 23.2 Å². The molecule has 2 aromatic carbocycles. The molecule has 10 heteroatoms. The van der Waals surface area contributed by atoms with E-state index in [2.05, 4.69) is 15.6 Å². The highest BCUT2D eigenvalue weighted by molar-refractivity contribution is 6.40. The van der Waals surface area contributed by atoms with Gasteiger partial charge in [-0.05, 0) is 41.8 Å². The molecule has 0 spiro atoms. The van der Waals surface area contributed by atoms with Crippen LogP contribution in [0.25, 0.3) is 11.1 Å². The number of rotatable bonds is 14. The Morgan fingerprint density at radius 2 is 1.59 bits per heavy atom. The Hall–Kier alpha value is -3.75. The molecule has 0 aliphatic heterocycles. The molecule has 1 amide bonds. The molecule has 8 nitrogen and oxygen atoms in total. The van der Waals surface area contributed by atoms with Crippen molar-refractivity contribution in [2.75, 3.05) is 18.9 Å². The van der Waals surface area contributed by atoms with Gasteiger partial charge in [0.1, 0.15) is 11.6 Å². The van der Waals surface area contributed by atoms with Gasteiger partial charge in [0.2, 0.25) is 5.91 Å². The van der Waals surface area contributed by atoms with Crippen LogP contribution in [0, 0.1) is 5.92 Å². The second kappa shape index (κ2) is 14.4. The molecule has 0 saturated carbocycles. The third-order valence-electron chi connectivity index (χ3n) is 6.11. The molecule has 0 bridgehead atoms. The van der Waals surface area contributed by atoms with Gasteiger partial charge < -0.3 is 15.7 Å². The summed E-state index contributed by atoms with van der Waals surface area (Å²) in [6.07, 6.45) is 0.229. The van der Waals surface area contributed by atoms with E-state index in [0.29, 0.717) is 12.2 Å². The van der Waals surface area contributed by atoms with E-state index in [1.165, 1.54) is 0 Å². The number of nitrogens with zero attached hydrogens (tertiary/aromatic N) is 1. The molecule has 3 aromatic rings. The predicted octanol–water partition coefficient (Wildman–Crippen LogP) is 5.47. The monoisotopic (exact) mass is 569 g/mol. The predicted molar refractivity (Wildman–Crippen MR) is 151 cm³/mol. The average molecular weight is 570 g/mol. The minimum Gasteiger partial charge on any atom is -0.481 e. The Labute approximate surface area is 236 Å². The molecule has 1 heterocycles. The van der Waals surface area contributed by atoms with Crippen molar-refractivity contribution in [1.82, 2.24) is 10.3 Å². The normalized spacial score (nSPS) is 11.5. The van der Waals surface area contributed by atoms with Crippen LogP contribution in [0.3, 0.4) is 0 Å². The summed E-state index contributed by atoms with van der Waals surface area (Å²) in [6, 6.07) is 18.1. The lowest BCUT2D eigenvalue weighted by Gasteiger charge is -2.15. The van der Waals surface area contributed by atoms with Gasteiger partial charge in [0.15, 0.2) is 5.78 Å². The molecule has 1 atom stereocenters. The summed E-state index contributed by atoms with van der Waals surface area (Å²) >= 11 is 12.7. The lowest BCUT2D eigenvalue weighted by Crippen LogP contribution is -2.34. The first kappa shape index (κ1) is 29.8. The number of amides is 1. The lowest BCUT2D eigenvalue weighted by molar-refractivity contribution is -0.141. The van der Waals surface area contributed by atoms with Gasteiger partial charge in [-0.3, -0.25) is 19.2 Å². The second-order valence-electron chi connectivity index (χ2n) is 8.95. The van der Waals surface area contributed by atoms with Crippen molar-refractivity contribution in [3.05, 3.63) is 82.0 Å². The molecule has 3 rings (SSSR count). The first-order chi connectivity index (χ1) is 18.7. The van der Waals surface area contributed by atoms with E-state index in [4.69, 9.17) is 23.2 Å². The topological polar surface area (TPSA) is 125 Å². The first-order valence-corrected chi connectivity index (χ1v) is 13.2. The summed E-state index contributed by atoms with van der Waals surface area (Å²) in [4.78, 5) is 53.6. The SMILES string of the molecule is CNc1cccc(CCC(=O)CCC(=O)NC[C@H](CC(=O)c2c(Cl)cc(-c3ccccc3)cc2Cl)C(=O)O)n1. The molecular formula is C29H29Cl2N3O5. The highest BCUT2D eigenvalue weighted by Gasteiger charge is 2.26. The van der Waals surface area contributed by atoms with Crippen LogP contribution in [0.15, 0.2) is 60.7 Å². The number of pyridine rings is 1. The van der Waals surface area contributed by atoms with Gasteiger partial charge in [0.25, 0.3) is 0 Å². The maximum Gasteiger partial charge on any atom is 0.308 e. The maximum absolute atomic E-state index is 12.9. The standard InChI is InChI=1S/C29H29Cl2N3O5/c1-32-26-9-5-8-21(34-26)10-11-22(35)12-13-27(37)33-17-20(29(38)39)16-25(36)28-23(30)14-19(15-24(28)31)18-6-3-2-4-7-18/h2-9,14-15,20H,10-13,16-17H2,1H3,(H,32,34)(H,33,37)(H,38,39)/t20-/m0/s1. The van der Waals surface area contributed by atoms with Crippen LogP contribution < -0.4 is 10.6 Å². The van der Waals surface area contributed by atoms with Crippen molar-refractivity contribution in [1.29, 1.82) is 0 Å². The van der Waals surface area contributed by atoms with Gasteiger partial charge in [0.05, 0.1) is 21.5 Å². The molecule has 204 valence electrons. The number of aliphatic carboxylic acids is 1. The zero-order valence-corrected chi connectivity index (χ0v) is 22.9. The molecule has 0 aliphatic rings. The third-order valence-corrected chi connectivity index (χ3v) is 6.70. The number of carboxylic acid groups (broad SMARTS) is 1. The number of Topliss-reactive ketones (excluding diaryl/α,β-unsaturated/α-hetero) is 2. The second-order valence-corrected chi connectivity index (χ2v) is 9.76. The summed E-state index contributed by atoms with van der Waals surface area (Å²) < 4.78 is 0. The van der Waals surface area contributed by atoms with Crippen molar-refractivity contribution in [2.24, 2.45) is 5.92 Å². The number of benzene rings is 2. The molecule has 0 unspecified atom stereocenters. The Balaban J connectivity index is 1.50. The Morgan fingerprint density at radius 3 is 2.23 bits per heavy atom. The van der Waals surface area contributed by atoms with Crippen LogP contribution in [0.4, 0.5) is 5.82 Å². The number of aromatic nitrogens is 1. The van der Waals surface area contributed by atoms with E-state index in [-0.39, 0.29) is 47.2 Å². The summed E-state index contributed by atoms with van der Waals surface area (Å²) in [6.45, 7) is -0.272. The number of hydrogen-bond donors (Lipinski definition) is 3. The van der Waals surface area contributed by atoms with Gasteiger partial charge >= 0.3 is 5.97 Å². The third kappa shape index (κ3) is 8.90. The Kier molecular flexibility index (Phi) is 11.0. The molecule has 0 saturated heterocycles. The van der Waals surface area contributed by atoms with Crippen LogP contribution in [0.5, 0.6) is 0 Å². The van der Waals surface area contributed by atoms with Crippen molar-refractivity contribution >= 4 is 52.5 Å². The molecule has 0 aliphatic carbocycles. The van der Waals surface area contributed by atoms with Crippen LogP contribution in [-0.4, -0.2) is 47.1 Å². The maximum atomic E-state index is 12.9. The number of carbonyl (C=O) groups is 4. The van der Waals surface area contributed by atoms with E-state index >= 15 is 0 Å². The molecule has 1 aromatic heterocycles. The number of hydrogen-bond acceptors (Lipinski definition) is 6. The zero-order valence-electron chi connectivity index (χ0n) is 21.4. The van der Waals surface area contributed by atoms with Crippen molar-refractivity contribution in [3.8, 4) is 11.1 Å². The molecule has 0 radical (unpaired) electrons. The van der Waals surface area contributed by atoms with Crippen LogP contribution in [0.1, 0.15) is 41.7 Å². The molecule has 0 fully saturated rings. The fourth-order valence-corrected chi connectivity index (χ4v) is 4.64. The summed E-state index contributed by atoms with van der Waals surface area (Å²) in [5, 5.41) is 15.3. The number of carbonyl (C=O) groups excluding carboxylic acids is 3. The van der Waals surface area contributed by atoms with Crippen molar-refractivity contribution < 1.29 is 24.3 Å². The lowest BCUT2D eigenvalue weighted by atomic mass is 9.96. The number of anilines is 1. The van der Waals surface area contributed by atoms with Crippen LogP contribution in [-0.2, 0) is 20.8 Å². The Bertz CT molecular complexity index is 1320. The summed E-state index contributed by atoms with van der Waals surface area (Å²) in [5.41, 5.74) is 2.39. The quantitative estimate of drug-likeness (QED) is 0.220. The van der Waals surface area contributed by atoms with Gasteiger partial charge in [0, 0.05) is 45.0 Å². The van der Waals surface area contributed by atoms with Crippen molar-refractivity contribution in [3.63, 3.8) is 0 Å². The largest absolute Gasteiger partial charge is 0.481 e. The van der Waals surface area contributed by atoms with E-state index in [1.54, 1.807) is 19.2 Å². The van der Waals surface area contributed by atoms with E-state index in [1.807, 2.05) is 48.5 Å². The molecule has 39 heavy (non-hydrogen) atoms. The van der Waals surface area contributed by atoms with Gasteiger partial charge in [-0.1, -0.05) is 59.6 Å². The smallest absolute Gasteiger partial charge is 0.308 e. The molecule has 3 N–H and O–H groups in total. The van der Waals surface area contributed by atoms with Gasteiger partial charge in [-0.15, -0.1) is 0 Å². The highest BCUT2D eigenvalue weighted by atomic mass is 35.5. The Morgan fingerprint density at radius 1 is 0.897 bits per heavy atom. The number of ketones is 2. The minimum absolute atomic E-state index is 0.0210. The number of carboxylic acids is 1. The summed E-state index contributed by atoms with van der Waals surface area (Å²) in [7, 11) is 1.76. The highest BCUT2D eigenvalue weighted by Crippen LogP contribution is 2.33. The molecular weight excluding hydrogens is 541 g/mol. The van der Waals surface area contributed by atoms with E-state index in [9.17, 15) is 24.3 Å². The van der Waals surface area contributed by atoms with Gasteiger partial charge in [-0.2, -0.15) is 0 Å². The average Bonchev–Trinajstić information content (AvgIpc) is 2.93. The van der Waals surface area contributed by atoms with Crippen molar-refractivity contribution in [2.45, 2.75) is 32.1 Å². The van der Waals surface area contributed by atoms with Gasteiger partial charge in [-0.25, -0.2) is 4.98 Å². The summed E-state index contributed by atoms with van der Waals surface area (Å²) in [5.74, 6) is -2.85. The number of aryl methyl sites for hydroxylation is 1. The zero-order chi connectivity index (χ0) is 28.4. The van der Waals surface area contributed by atoms with E-state index in [0.717, 1.165) is 16.8 Å². The number of nitrogens with one attached hydrogen (secondary N) is 2. The first-order valence-electron chi connectivity index (χ1n) is 12.4. The fourth-order valence-electron chi connectivity index (χ4n) is 3.94. The number of halogens is 2. The fraction of sp³-hybridized carbons (Fsp3) is 0.276. The van der Waals surface area contributed by atoms with Crippen LogP contribution in [0.2, 0.25) is 10.0 Å².